The van der Waals surface area contributed by atoms with Gasteiger partial charge in [0.15, 0.2) is 0 Å². The molecule has 1 aliphatic carbocycles. The van der Waals surface area contributed by atoms with E-state index in [1.807, 2.05) is 52.0 Å². The summed E-state index contributed by atoms with van der Waals surface area (Å²) in [6.07, 6.45) is -0.135. The number of aliphatic carboxylic acids is 1. The number of carboxylic acid groups (broad SMARTS) is 1. The molecule has 2 unspecified atom stereocenters. The Kier molecular flexibility index (Phi) is 8.90. The first-order valence-corrected chi connectivity index (χ1v) is 12.4. The van der Waals surface area contributed by atoms with Crippen molar-refractivity contribution in [2.45, 2.75) is 52.5 Å². The van der Waals surface area contributed by atoms with Crippen molar-refractivity contribution in [2.24, 2.45) is 11.8 Å². The number of ether oxygens (including phenoxy) is 1. The molecule has 35 heavy (non-hydrogen) atoms. The van der Waals surface area contributed by atoms with Crippen molar-refractivity contribution in [3.8, 4) is 11.1 Å². The van der Waals surface area contributed by atoms with Crippen molar-refractivity contribution in [3.63, 3.8) is 0 Å². The van der Waals surface area contributed by atoms with Gasteiger partial charge < -0.3 is 20.1 Å². The highest BCUT2D eigenvalue weighted by Crippen LogP contribution is 2.44. The van der Waals surface area contributed by atoms with Gasteiger partial charge in [-0.2, -0.15) is 0 Å². The lowest BCUT2D eigenvalue weighted by molar-refractivity contribution is -0.140. The van der Waals surface area contributed by atoms with Crippen LogP contribution in [-0.4, -0.2) is 53.7 Å². The van der Waals surface area contributed by atoms with Crippen LogP contribution in [0.1, 0.15) is 57.6 Å². The Morgan fingerprint density at radius 2 is 1.57 bits per heavy atom. The third-order valence-electron chi connectivity index (χ3n) is 6.74. The van der Waals surface area contributed by atoms with Crippen LogP contribution in [0.2, 0.25) is 0 Å². The zero-order valence-corrected chi connectivity index (χ0v) is 21.0. The normalized spacial score (nSPS) is 14.1. The molecule has 0 spiro atoms. The van der Waals surface area contributed by atoms with E-state index in [9.17, 15) is 14.4 Å². The molecule has 0 heterocycles. The minimum atomic E-state index is -0.876. The molecule has 2 N–H and O–H groups in total. The lowest BCUT2D eigenvalue weighted by Crippen LogP contribution is -2.49. The summed E-state index contributed by atoms with van der Waals surface area (Å²) in [5, 5.41) is 11.8. The summed E-state index contributed by atoms with van der Waals surface area (Å²) in [6.45, 7) is 8.66. The molecule has 0 aliphatic heterocycles. The van der Waals surface area contributed by atoms with E-state index >= 15 is 0 Å². The molecular formula is C28H36N2O5. The number of amides is 2. The molecule has 0 aromatic heterocycles. The number of fused-ring (bicyclic) bond motifs is 3. The van der Waals surface area contributed by atoms with Crippen LogP contribution in [0.3, 0.4) is 0 Å². The number of hydrogen-bond donors (Lipinski definition) is 2. The van der Waals surface area contributed by atoms with Crippen molar-refractivity contribution in [2.75, 3.05) is 19.7 Å². The first kappa shape index (κ1) is 26.3. The van der Waals surface area contributed by atoms with Gasteiger partial charge in [0.25, 0.3) is 0 Å². The minimum absolute atomic E-state index is 0.0140. The van der Waals surface area contributed by atoms with E-state index in [1.54, 1.807) is 4.90 Å². The monoisotopic (exact) mass is 480 g/mol. The average Bonchev–Trinajstić information content (AvgIpc) is 3.14. The largest absolute Gasteiger partial charge is 0.481 e. The molecule has 2 amide bonds. The van der Waals surface area contributed by atoms with Gasteiger partial charge in [0.1, 0.15) is 6.61 Å². The molecule has 2 aromatic rings. The Labute approximate surface area is 207 Å². The number of hydrogen-bond acceptors (Lipinski definition) is 4. The van der Waals surface area contributed by atoms with Gasteiger partial charge in [-0.15, -0.1) is 0 Å². The Morgan fingerprint density at radius 3 is 2.09 bits per heavy atom. The van der Waals surface area contributed by atoms with Crippen LogP contribution in [0.4, 0.5) is 4.79 Å². The van der Waals surface area contributed by atoms with Crippen molar-refractivity contribution in [1.29, 1.82) is 0 Å². The van der Waals surface area contributed by atoms with Crippen LogP contribution in [0, 0.1) is 11.8 Å². The zero-order valence-electron chi connectivity index (χ0n) is 21.0. The summed E-state index contributed by atoms with van der Waals surface area (Å²) in [5.74, 6) is -1.45. The van der Waals surface area contributed by atoms with Crippen molar-refractivity contribution in [3.05, 3.63) is 59.7 Å². The van der Waals surface area contributed by atoms with E-state index in [1.165, 1.54) is 11.1 Å². The van der Waals surface area contributed by atoms with Gasteiger partial charge >= 0.3 is 12.1 Å². The molecule has 1 aliphatic rings. The number of carbonyl (C=O) groups is 3. The maximum Gasteiger partial charge on any atom is 0.407 e. The molecule has 0 saturated carbocycles. The molecule has 3 rings (SSSR count). The van der Waals surface area contributed by atoms with Gasteiger partial charge in [0.2, 0.25) is 5.91 Å². The smallest absolute Gasteiger partial charge is 0.407 e. The average molecular weight is 481 g/mol. The lowest BCUT2D eigenvalue weighted by Gasteiger charge is -2.32. The number of rotatable bonds is 11. The van der Waals surface area contributed by atoms with E-state index in [0.717, 1.165) is 11.1 Å². The third kappa shape index (κ3) is 6.21. The minimum Gasteiger partial charge on any atom is -0.481 e. The molecule has 2 aromatic carbocycles. The van der Waals surface area contributed by atoms with Gasteiger partial charge in [-0.05, 0) is 48.4 Å². The Hall–Kier alpha value is -3.35. The number of nitrogens with zero attached hydrogens (tertiary/aromatic N) is 1. The maximum atomic E-state index is 13.2. The highest BCUT2D eigenvalue weighted by atomic mass is 16.5. The summed E-state index contributed by atoms with van der Waals surface area (Å²) >= 11 is 0. The summed E-state index contributed by atoms with van der Waals surface area (Å²) < 4.78 is 5.66. The van der Waals surface area contributed by atoms with E-state index in [0.29, 0.717) is 19.5 Å². The van der Waals surface area contributed by atoms with Gasteiger partial charge in [-0.3, -0.25) is 9.59 Å². The molecule has 7 heteroatoms. The summed E-state index contributed by atoms with van der Waals surface area (Å²) in [4.78, 5) is 38.5. The highest BCUT2D eigenvalue weighted by molar-refractivity contribution is 5.81. The fourth-order valence-corrected chi connectivity index (χ4v) is 5.05. The molecule has 0 radical (unpaired) electrons. The summed E-state index contributed by atoms with van der Waals surface area (Å²) in [7, 11) is 0. The first-order chi connectivity index (χ1) is 16.7. The molecule has 7 nitrogen and oxygen atoms in total. The summed E-state index contributed by atoms with van der Waals surface area (Å²) in [6, 6.07) is 15.9. The standard InChI is InChI=1S/C28H36N2O5/c1-5-30(16-10-15-25(31)32)27(33)26(18(2)3)19(4)29-28(34)35-17-24-22-13-8-6-11-20(22)21-12-7-9-14-23(21)24/h6-9,11-14,18-19,24,26H,5,10,15-17H2,1-4H3,(H,29,34)(H,31,32). The van der Waals surface area contributed by atoms with Crippen LogP contribution in [0.15, 0.2) is 48.5 Å². The topological polar surface area (TPSA) is 95.9 Å². The van der Waals surface area contributed by atoms with Gasteiger partial charge in [0, 0.05) is 31.5 Å². The van der Waals surface area contributed by atoms with Crippen LogP contribution in [-0.2, 0) is 14.3 Å². The van der Waals surface area contributed by atoms with Crippen LogP contribution in [0.5, 0.6) is 0 Å². The zero-order chi connectivity index (χ0) is 25.5. The van der Waals surface area contributed by atoms with E-state index in [4.69, 9.17) is 9.84 Å². The molecule has 0 fully saturated rings. The molecule has 0 saturated heterocycles. The van der Waals surface area contributed by atoms with E-state index < -0.39 is 24.0 Å². The Bertz CT molecular complexity index is 1010. The Balaban J connectivity index is 1.62. The van der Waals surface area contributed by atoms with Gasteiger partial charge in [0.05, 0.1) is 5.92 Å². The quantitative estimate of drug-likeness (QED) is 0.477. The summed E-state index contributed by atoms with van der Waals surface area (Å²) in [5.41, 5.74) is 4.62. The van der Waals surface area contributed by atoms with Crippen LogP contribution >= 0.6 is 0 Å². The fourth-order valence-electron chi connectivity index (χ4n) is 5.05. The third-order valence-corrected chi connectivity index (χ3v) is 6.74. The van der Waals surface area contributed by atoms with Crippen LogP contribution < -0.4 is 5.32 Å². The maximum absolute atomic E-state index is 13.2. The number of carboxylic acids is 1. The highest BCUT2D eigenvalue weighted by Gasteiger charge is 2.33. The molecule has 0 bridgehead atoms. The SMILES string of the molecule is CCN(CCCC(=O)O)C(=O)C(C(C)C)C(C)NC(=O)OCC1c2ccccc2-c2ccccc21. The van der Waals surface area contributed by atoms with Gasteiger partial charge in [-0.25, -0.2) is 4.79 Å². The van der Waals surface area contributed by atoms with E-state index in [2.05, 4.69) is 29.6 Å². The number of alkyl carbamates (subject to hydrolysis) is 1. The second-order valence-electron chi connectivity index (χ2n) is 9.44. The van der Waals surface area contributed by atoms with Crippen LogP contribution in [0.25, 0.3) is 11.1 Å². The lowest BCUT2D eigenvalue weighted by atomic mass is 9.87. The number of nitrogens with one attached hydrogen (secondary N) is 1. The first-order valence-electron chi connectivity index (χ1n) is 12.4. The number of benzene rings is 2. The van der Waals surface area contributed by atoms with Gasteiger partial charge in [-0.1, -0.05) is 62.4 Å². The second kappa shape index (κ2) is 11.9. The predicted molar refractivity (Wildman–Crippen MR) is 135 cm³/mol. The van der Waals surface area contributed by atoms with Crippen molar-refractivity contribution < 1.29 is 24.2 Å². The number of carbonyl (C=O) groups excluding carboxylic acids is 2. The van der Waals surface area contributed by atoms with E-state index in [-0.39, 0.29) is 30.8 Å². The molecule has 188 valence electrons. The fraction of sp³-hybridized carbons (Fsp3) is 0.464. The molecular weight excluding hydrogens is 444 g/mol. The van der Waals surface area contributed by atoms with Crippen molar-refractivity contribution >= 4 is 18.0 Å². The van der Waals surface area contributed by atoms with Crippen molar-refractivity contribution in [1.82, 2.24) is 10.2 Å². The predicted octanol–water partition coefficient (Wildman–Crippen LogP) is 4.90. The molecule has 2 atom stereocenters. The second-order valence-corrected chi connectivity index (χ2v) is 9.44. The Morgan fingerprint density at radius 1 is 1.00 bits per heavy atom.